The van der Waals surface area contributed by atoms with E-state index in [-0.39, 0.29) is 17.8 Å². The van der Waals surface area contributed by atoms with Gasteiger partial charge in [-0.15, -0.1) is 0 Å². The maximum atomic E-state index is 12.7. The van der Waals surface area contributed by atoms with Gasteiger partial charge in [-0.25, -0.2) is 4.79 Å². The summed E-state index contributed by atoms with van der Waals surface area (Å²) < 4.78 is 11.2. The first-order valence-corrected chi connectivity index (χ1v) is 9.17. The molecule has 7 nitrogen and oxygen atoms in total. The molecule has 3 aliphatic rings. The van der Waals surface area contributed by atoms with Gasteiger partial charge in [-0.3, -0.25) is 14.4 Å². The van der Waals surface area contributed by atoms with Crippen LogP contribution >= 0.6 is 0 Å². The third kappa shape index (κ3) is 2.76. The minimum atomic E-state index is -1.52. The standard InChI is InChI=1S/C21H24O7/c1-9(2)19(25)27-14-7-12(8-22)16-13(24)6-10(3)15(16)18-17(14)21(5,11(4)23)20(26)28-18/h6,14-15,17-18,22H,1,7-8H2,2-5H3/t14-,15+,17+,18-,21+/m0/s1. The van der Waals surface area contributed by atoms with Crippen molar-refractivity contribution in [1.29, 1.82) is 0 Å². The summed E-state index contributed by atoms with van der Waals surface area (Å²) in [6, 6.07) is 0. The van der Waals surface area contributed by atoms with E-state index in [2.05, 4.69) is 6.58 Å². The van der Waals surface area contributed by atoms with Gasteiger partial charge in [-0.1, -0.05) is 12.2 Å². The van der Waals surface area contributed by atoms with E-state index in [4.69, 9.17) is 9.47 Å². The molecule has 1 heterocycles. The molecule has 0 saturated carbocycles. The van der Waals surface area contributed by atoms with E-state index in [1.807, 2.05) is 0 Å². The number of Topliss-reactive ketones (excluding diaryl/α,β-unsaturated/α-hetero) is 1. The van der Waals surface area contributed by atoms with Gasteiger partial charge in [0.2, 0.25) is 0 Å². The Balaban J connectivity index is 2.19. The lowest BCUT2D eigenvalue weighted by Gasteiger charge is -2.34. The summed E-state index contributed by atoms with van der Waals surface area (Å²) in [5.74, 6) is -3.38. The summed E-state index contributed by atoms with van der Waals surface area (Å²) in [6.07, 6.45) is -0.263. The van der Waals surface area contributed by atoms with Gasteiger partial charge >= 0.3 is 11.9 Å². The second kappa shape index (κ2) is 6.81. The Morgan fingerprint density at radius 3 is 2.54 bits per heavy atom. The van der Waals surface area contributed by atoms with Crippen LogP contribution in [0.5, 0.6) is 0 Å². The van der Waals surface area contributed by atoms with Gasteiger partial charge in [0.25, 0.3) is 0 Å². The van der Waals surface area contributed by atoms with Gasteiger partial charge < -0.3 is 14.6 Å². The predicted molar refractivity (Wildman–Crippen MR) is 97.8 cm³/mol. The van der Waals surface area contributed by atoms with Crippen molar-refractivity contribution >= 4 is 23.5 Å². The van der Waals surface area contributed by atoms with Crippen LogP contribution in [0.4, 0.5) is 0 Å². The number of esters is 2. The molecule has 150 valence electrons. The highest BCUT2D eigenvalue weighted by Gasteiger charge is 2.65. The number of ether oxygens (including phenoxy) is 2. The van der Waals surface area contributed by atoms with Crippen molar-refractivity contribution in [3.8, 4) is 0 Å². The molecule has 1 aliphatic heterocycles. The number of carbonyl (C=O) groups is 4. The van der Waals surface area contributed by atoms with E-state index in [0.29, 0.717) is 16.7 Å². The van der Waals surface area contributed by atoms with Gasteiger partial charge in [0.05, 0.1) is 12.5 Å². The van der Waals surface area contributed by atoms with Crippen LogP contribution in [-0.2, 0) is 28.7 Å². The monoisotopic (exact) mass is 388 g/mol. The summed E-state index contributed by atoms with van der Waals surface area (Å²) in [5, 5.41) is 9.92. The molecule has 0 amide bonds. The molecule has 5 atom stereocenters. The molecule has 28 heavy (non-hydrogen) atoms. The van der Waals surface area contributed by atoms with Crippen LogP contribution in [0.3, 0.4) is 0 Å². The van der Waals surface area contributed by atoms with Crippen molar-refractivity contribution in [3.63, 3.8) is 0 Å². The van der Waals surface area contributed by atoms with Crippen LogP contribution in [0.1, 0.15) is 34.1 Å². The third-order valence-electron chi connectivity index (χ3n) is 6.20. The number of hydrogen-bond acceptors (Lipinski definition) is 7. The molecule has 0 bridgehead atoms. The number of fused-ring (bicyclic) bond motifs is 3. The molecular weight excluding hydrogens is 364 g/mol. The normalized spacial score (nSPS) is 34.2. The fourth-order valence-electron chi connectivity index (χ4n) is 4.58. The Bertz CT molecular complexity index is 862. The first-order chi connectivity index (χ1) is 13.0. The molecule has 3 rings (SSSR count). The molecule has 2 aliphatic carbocycles. The number of aliphatic hydroxyl groups excluding tert-OH is 1. The summed E-state index contributed by atoms with van der Waals surface area (Å²) in [7, 11) is 0. The Labute approximate surface area is 163 Å². The molecule has 1 fully saturated rings. The molecule has 7 heteroatoms. The second-order valence-electron chi connectivity index (χ2n) is 7.99. The van der Waals surface area contributed by atoms with Gasteiger partial charge in [-0.05, 0) is 39.3 Å². The van der Waals surface area contributed by atoms with Crippen molar-refractivity contribution in [2.24, 2.45) is 17.3 Å². The Morgan fingerprint density at radius 1 is 1.36 bits per heavy atom. The van der Waals surface area contributed by atoms with Crippen molar-refractivity contribution in [2.45, 2.75) is 46.3 Å². The quantitative estimate of drug-likeness (QED) is 0.441. The zero-order valence-corrected chi connectivity index (χ0v) is 16.4. The lowest BCUT2D eigenvalue weighted by Crippen LogP contribution is -2.47. The summed E-state index contributed by atoms with van der Waals surface area (Å²) in [6.45, 7) is 9.21. The number of hydrogen-bond donors (Lipinski definition) is 1. The van der Waals surface area contributed by atoms with Crippen LogP contribution in [-0.4, -0.2) is 47.4 Å². The van der Waals surface area contributed by atoms with Gasteiger partial charge in [0.15, 0.2) is 5.78 Å². The fourth-order valence-corrected chi connectivity index (χ4v) is 4.58. The zero-order valence-electron chi connectivity index (χ0n) is 16.4. The van der Waals surface area contributed by atoms with Crippen LogP contribution < -0.4 is 0 Å². The number of aliphatic hydroxyl groups is 1. The zero-order chi connectivity index (χ0) is 21.0. The Kier molecular flexibility index (Phi) is 4.91. The van der Waals surface area contributed by atoms with E-state index in [1.54, 1.807) is 6.92 Å². The van der Waals surface area contributed by atoms with Gasteiger partial charge in [0, 0.05) is 23.5 Å². The van der Waals surface area contributed by atoms with E-state index < -0.39 is 53.8 Å². The fraction of sp³-hybridized carbons (Fsp3) is 0.524. The lowest BCUT2D eigenvalue weighted by atomic mass is 9.68. The number of carbonyl (C=O) groups excluding carboxylic acids is 4. The van der Waals surface area contributed by atoms with E-state index in [0.717, 1.165) is 0 Å². The highest BCUT2D eigenvalue weighted by Crippen LogP contribution is 2.53. The first kappa shape index (κ1) is 20.2. The SMILES string of the molecule is C=C(C)C(=O)O[C@H]1CC(CO)=C2C(=O)C=C(C)[C@H]2[C@@H]2OC(=O)[C@](C)(C(C)=O)[C@@H]21. The summed E-state index contributed by atoms with van der Waals surface area (Å²) in [4.78, 5) is 50.1. The van der Waals surface area contributed by atoms with E-state index >= 15 is 0 Å². The summed E-state index contributed by atoms with van der Waals surface area (Å²) >= 11 is 0. The molecule has 0 aromatic carbocycles. The van der Waals surface area contributed by atoms with Crippen molar-refractivity contribution < 1.29 is 33.8 Å². The van der Waals surface area contributed by atoms with E-state index in [1.165, 1.54) is 26.8 Å². The molecule has 0 aromatic heterocycles. The minimum absolute atomic E-state index is 0.0366. The van der Waals surface area contributed by atoms with E-state index in [9.17, 15) is 24.3 Å². The maximum Gasteiger partial charge on any atom is 0.333 e. The third-order valence-corrected chi connectivity index (χ3v) is 6.20. The van der Waals surface area contributed by atoms with Crippen LogP contribution in [0.2, 0.25) is 0 Å². The average molecular weight is 388 g/mol. The molecule has 0 aromatic rings. The van der Waals surface area contributed by atoms with Crippen molar-refractivity contribution in [3.05, 3.63) is 34.9 Å². The van der Waals surface area contributed by atoms with Crippen LogP contribution in [0.25, 0.3) is 0 Å². The van der Waals surface area contributed by atoms with Crippen molar-refractivity contribution in [2.75, 3.05) is 6.61 Å². The molecule has 1 saturated heterocycles. The molecule has 0 radical (unpaired) electrons. The van der Waals surface area contributed by atoms with Crippen LogP contribution in [0.15, 0.2) is 34.9 Å². The second-order valence-corrected chi connectivity index (χ2v) is 7.99. The van der Waals surface area contributed by atoms with Crippen molar-refractivity contribution in [1.82, 2.24) is 0 Å². The average Bonchev–Trinajstić information content (AvgIpc) is 2.99. The number of rotatable bonds is 4. The largest absolute Gasteiger partial charge is 0.460 e. The van der Waals surface area contributed by atoms with Gasteiger partial charge in [0.1, 0.15) is 23.4 Å². The lowest BCUT2D eigenvalue weighted by molar-refractivity contribution is -0.156. The first-order valence-electron chi connectivity index (χ1n) is 9.17. The topological polar surface area (TPSA) is 107 Å². The highest BCUT2D eigenvalue weighted by atomic mass is 16.6. The maximum absolute atomic E-state index is 12.7. The Hall–Kier alpha value is -2.54. The number of ketones is 2. The number of allylic oxidation sites excluding steroid dienone is 1. The van der Waals surface area contributed by atoms with Gasteiger partial charge in [-0.2, -0.15) is 0 Å². The molecular formula is C21H24O7. The Morgan fingerprint density at radius 2 is 2.00 bits per heavy atom. The smallest absolute Gasteiger partial charge is 0.333 e. The molecule has 1 N–H and O–H groups in total. The predicted octanol–water partition coefficient (Wildman–Crippen LogP) is 1.45. The summed E-state index contributed by atoms with van der Waals surface area (Å²) in [5.41, 5.74) is 0.130. The van der Waals surface area contributed by atoms with Crippen LogP contribution in [0, 0.1) is 17.3 Å². The molecule has 0 spiro atoms. The highest BCUT2D eigenvalue weighted by molar-refractivity contribution is 6.10. The minimum Gasteiger partial charge on any atom is -0.460 e. The molecule has 0 unspecified atom stereocenters.